The summed E-state index contributed by atoms with van der Waals surface area (Å²) in [6.45, 7) is 3.40. The van der Waals surface area contributed by atoms with E-state index in [0.717, 1.165) is 15.7 Å². The summed E-state index contributed by atoms with van der Waals surface area (Å²) in [5.74, 6) is -0.179. The van der Waals surface area contributed by atoms with Crippen LogP contribution in [0.4, 0.5) is 5.69 Å². The van der Waals surface area contributed by atoms with Crippen molar-refractivity contribution in [2.75, 3.05) is 5.32 Å². The number of anilines is 1. The number of benzene rings is 1. The summed E-state index contributed by atoms with van der Waals surface area (Å²) in [6.07, 6.45) is 0. The van der Waals surface area contributed by atoms with Gasteiger partial charge in [0.05, 0.1) is 0 Å². The van der Waals surface area contributed by atoms with E-state index < -0.39 is 0 Å². The van der Waals surface area contributed by atoms with Crippen LogP contribution in [-0.2, 0) is 4.79 Å². The van der Waals surface area contributed by atoms with Crippen LogP contribution in [0.1, 0.15) is 12.5 Å². The topological polar surface area (TPSA) is 41.1 Å². The van der Waals surface area contributed by atoms with Crippen LogP contribution in [0.15, 0.2) is 22.7 Å². The Bertz CT molecular complexity index is 406. The van der Waals surface area contributed by atoms with Gasteiger partial charge in [-0.05, 0) is 42.9 Å². The number of hydrogen-bond donors (Lipinski definition) is 2. The van der Waals surface area contributed by atoms with Crippen molar-refractivity contribution in [1.82, 2.24) is 5.32 Å². The highest BCUT2D eigenvalue weighted by Crippen LogP contribution is 2.19. The molecule has 1 aromatic rings. The lowest BCUT2D eigenvalue weighted by atomic mass is 10.2. The van der Waals surface area contributed by atoms with Crippen LogP contribution < -0.4 is 10.6 Å². The van der Waals surface area contributed by atoms with E-state index in [1.54, 1.807) is 0 Å². The van der Waals surface area contributed by atoms with E-state index in [0.29, 0.717) is 5.11 Å². The Morgan fingerprint density at radius 3 is 2.67 bits per heavy atom. The molecule has 15 heavy (non-hydrogen) atoms. The maximum Gasteiger partial charge on any atom is 0.222 e. The number of rotatable bonds is 1. The van der Waals surface area contributed by atoms with Crippen LogP contribution in [0.5, 0.6) is 0 Å². The highest BCUT2D eigenvalue weighted by Gasteiger charge is 2.01. The minimum absolute atomic E-state index is 0.179. The van der Waals surface area contributed by atoms with E-state index in [9.17, 15) is 4.79 Å². The summed E-state index contributed by atoms with van der Waals surface area (Å²) < 4.78 is 1.04. The number of hydrogen-bond acceptors (Lipinski definition) is 2. The lowest BCUT2D eigenvalue weighted by Gasteiger charge is -2.09. The zero-order valence-electron chi connectivity index (χ0n) is 8.43. The first-order valence-electron chi connectivity index (χ1n) is 4.34. The van der Waals surface area contributed by atoms with Gasteiger partial charge < -0.3 is 10.6 Å². The number of carbonyl (C=O) groups excluding carboxylic acids is 1. The molecule has 5 heteroatoms. The van der Waals surface area contributed by atoms with Crippen molar-refractivity contribution in [2.45, 2.75) is 13.8 Å². The minimum atomic E-state index is -0.179. The molecular weight excluding hydrogens is 276 g/mol. The van der Waals surface area contributed by atoms with Crippen LogP contribution in [0.2, 0.25) is 0 Å². The first-order chi connectivity index (χ1) is 6.99. The number of aryl methyl sites for hydroxylation is 1. The van der Waals surface area contributed by atoms with E-state index in [2.05, 4.69) is 26.6 Å². The predicted octanol–water partition coefficient (Wildman–Crippen LogP) is 2.59. The quantitative estimate of drug-likeness (QED) is 0.780. The average molecular weight is 287 g/mol. The largest absolute Gasteiger partial charge is 0.332 e. The SMILES string of the molecule is CC(=O)NC(=S)Nc1ccc(Br)c(C)c1. The third-order valence-electron chi connectivity index (χ3n) is 1.71. The van der Waals surface area contributed by atoms with Gasteiger partial charge in [0.25, 0.3) is 0 Å². The smallest absolute Gasteiger partial charge is 0.222 e. The molecule has 0 unspecified atom stereocenters. The summed E-state index contributed by atoms with van der Waals surface area (Å²) in [6, 6.07) is 5.75. The van der Waals surface area contributed by atoms with E-state index in [1.165, 1.54) is 6.92 Å². The zero-order chi connectivity index (χ0) is 11.4. The fourth-order valence-electron chi connectivity index (χ4n) is 1.04. The number of carbonyl (C=O) groups is 1. The van der Waals surface area contributed by atoms with Crippen LogP contribution in [0, 0.1) is 6.92 Å². The molecule has 1 amide bonds. The standard InChI is InChI=1S/C10H11BrN2OS/c1-6-5-8(3-4-9(6)11)13-10(15)12-7(2)14/h3-5H,1-2H3,(H2,12,13,14,15). The van der Waals surface area contributed by atoms with Gasteiger partial charge in [-0.3, -0.25) is 4.79 Å². The normalized spacial score (nSPS) is 9.53. The van der Waals surface area contributed by atoms with Gasteiger partial charge in [-0.1, -0.05) is 15.9 Å². The molecule has 0 saturated heterocycles. The molecule has 0 aliphatic heterocycles. The van der Waals surface area contributed by atoms with E-state index >= 15 is 0 Å². The maximum absolute atomic E-state index is 10.7. The molecule has 1 rings (SSSR count). The third-order valence-corrected chi connectivity index (χ3v) is 2.80. The average Bonchev–Trinajstić information content (AvgIpc) is 2.10. The molecule has 0 atom stereocenters. The van der Waals surface area contributed by atoms with Crippen LogP contribution in [-0.4, -0.2) is 11.0 Å². The summed E-state index contributed by atoms with van der Waals surface area (Å²) in [5, 5.41) is 5.72. The van der Waals surface area contributed by atoms with Crippen LogP contribution >= 0.6 is 28.1 Å². The van der Waals surface area contributed by atoms with Crippen molar-refractivity contribution in [1.29, 1.82) is 0 Å². The van der Waals surface area contributed by atoms with Gasteiger partial charge in [0.1, 0.15) is 0 Å². The molecule has 80 valence electrons. The lowest BCUT2D eigenvalue weighted by Crippen LogP contribution is -2.32. The van der Waals surface area contributed by atoms with Crippen molar-refractivity contribution in [2.24, 2.45) is 0 Å². The fraction of sp³-hybridized carbons (Fsp3) is 0.200. The van der Waals surface area contributed by atoms with E-state index in [-0.39, 0.29) is 5.91 Å². The Kier molecular flexibility index (Phi) is 4.23. The molecule has 0 saturated carbocycles. The molecule has 2 N–H and O–H groups in total. The van der Waals surface area contributed by atoms with Gasteiger partial charge in [0.2, 0.25) is 5.91 Å². The fourth-order valence-corrected chi connectivity index (χ4v) is 1.55. The number of thiocarbonyl (C=S) groups is 1. The van der Waals surface area contributed by atoms with Crippen molar-refractivity contribution in [3.63, 3.8) is 0 Å². The Morgan fingerprint density at radius 1 is 1.47 bits per heavy atom. The molecule has 0 spiro atoms. The minimum Gasteiger partial charge on any atom is -0.332 e. The van der Waals surface area contributed by atoms with Crippen molar-refractivity contribution in [3.8, 4) is 0 Å². The van der Waals surface area contributed by atoms with Crippen molar-refractivity contribution in [3.05, 3.63) is 28.2 Å². The predicted molar refractivity (Wildman–Crippen MR) is 68.9 cm³/mol. The number of nitrogens with one attached hydrogen (secondary N) is 2. The second-order valence-corrected chi connectivity index (χ2v) is 4.36. The molecular formula is C10H11BrN2OS. The Hall–Kier alpha value is -0.940. The molecule has 0 radical (unpaired) electrons. The van der Waals surface area contributed by atoms with Crippen molar-refractivity contribution >= 4 is 44.9 Å². The number of halogens is 1. The molecule has 0 fully saturated rings. The second-order valence-electron chi connectivity index (χ2n) is 3.10. The van der Waals surface area contributed by atoms with Gasteiger partial charge >= 0.3 is 0 Å². The summed E-state index contributed by atoms with van der Waals surface area (Å²) in [7, 11) is 0. The third kappa shape index (κ3) is 3.97. The second kappa shape index (κ2) is 5.23. The first-order valence-corrected chi connectivity index (χ1v) is 5.54. The van der Waals surface area contributed by atoms with E-state index in [1.807, 2.05) is 25.1 Å². The first kappa shape index (κ1) is 12.1. The highest BCUT2D eigenvalue weighted by molar-refractivity contribution is 9.10. The molecule has 0 heterocycles. The summed E-state index contributed by atoms with van der Waals surface area (Å²) >= 11 is 8.34. The lowest BCUT2D eigenvalue weighted by molar-refractivity contribution is -0.117. The van der Waals surface area contributed by atoms with E-state index in [4.69, 9.17) is 12.2 Å². The Balaban J connectivity index is 2.69. The van der Waals surface area contributed by atoms with Gasteiger partial charge in [0.15, 0.2) is 5.11 Å². The van der Waals surface area contributed by atoms with Gasteiger partial charge in [-0.15, -0.1) is 0 Å². The Morgan fingerprint density at radius 2 is 2.13 bits per heavy atom. The molecule has 0 aliphatic carbocycles. The van der Waals surface area contributed by atoms with Gasteiger partial charge in [0, 0.05) is 17.1 Å². The molecule has 0 aromatic heterocycles. The Labute approximate surface area is 102 Å². The van der Waals surface area contributed by atoms with Gasteiger partial charge in [-0.25, -0.2) is 0 Å². The molecule has 3 nitrogen and oxygen atoms in total. The maximum atomic E-state index is 10.7. The zero-order valence-corrected chi connectivity index (χ0v) is 10.8. The molecule has 1 aromatic carbocycles. The highest BCUT2D eigenvalue weighted by atomic mass is 79.9. The summed E-state index contributed by atoms with van der Waals surface area (Å²) in [4.78, 5) is 10.7. The van der Waals surface area contributed by atoms with Gasteiger partial charge in [-0.2, -0.15) is 0 Å². The summed E-state index contributed by atoms with van der Waals surface area (Å²) in [5.41, 5.74) is 1.96. The monoisotopic (exact) mass is 286 g/mol. The van der Waals surface area contributed by atoms with Crippen LogP contribution in [0.25, 0.3) is 0 Å². The molecule has 0 bridgehead atoms. The molecule has 0 aliphatic rings. The van der Waals surface area contributed by atoms with Crippen molar-refractivity contribution < 1.29 is 4.79 Å². The van der Waals surface area contributed by atoms with Crippen LogP contribution in [0.3, 0.4) is 0 Å². The number of amides is 1.